The van der Waals surface area contributed by atoms with E-state index in [0.29, 0.717) is 6.54 Å². The first kappa shape index (κ1) is 15.0. The summed E-state index contributed by atoms with van der Waals surface area (Å²) in [5.41, 5.74) is 0.113. The molecule has 0 aliphatic heterocycles. The molecule has 19 heavy (non-hydrogen) atoms. The van der Waals surface area contributed by atoms with Gasteiger partial charge in [-0.25, -0.2) is 0 Å². The number of carboxylic acids is 1. The SMILES string of the molecule is CN(C)CCN(CC(=O)O)C(=O)c1ccccc1O. The Morgan fingerprint density at radius 2 is 1.79 bits per heavy atom. The quantitative estimate of drug-likeness (QED) is 0.782. The van der Waals surface area contributed by atoms with Gasteiger partial charge >= 0.3 is 5.97 Å². The molecule has 0 bridgehead atoms. The number of aromatic hydroxyl groups is 1. The maximum Gasteiger partial charge on any atom is 0.323 e. The van der Waals surface area contributed by atoms with Crippen LogP contribution in [0, 0.1) is 0 Å². The fraction of sp³-hybridized carbons (Fsp3) is 0.385. The minimum Gasteiger partial charge on any atom is -0.507 e. The third-order valence-electron chi connectivity index (χ3n) is 2.56. The number of carbonyl (C=O) groups is 2. The van der Waals surface area contributed by atoms with Crippen LogP contribution in [0.25, 0.3) is 0 Å². The minimum absolute atomic E-state index is 0.113. The van der Waals surface area contributed by atoms with E-state index in [1.807, 2.05) is 19.0 Å². The second-order valence-corrected chi connectivity index (χ2v) is 4.44. The average Bonchev–Trinajstić information content (AvgIpc) is 2.33. The summed E-state index contributed by atoms with van der Waals surface area (Å²) in [6.07, 6.45) is 0. The summed E-state index contributed by atoms with van der Waals surface area (Å²) in [5, 5.41) is 18.5. The number of phenols is 1. The van der Waals surface area contributed by atoms with Crippen LogP contribution in [0.15, 0.2) is 24.3 Å². The van der Waals surface area contributed by atoms with E-state index >= 15 is 0 Å². The van der Waals surface area contributed by atoms with Crippen molar-refractivity contribution in [1.82, 2.24) is 9.80 Å². The third-order valence-corrected chi connectivity index (χ3v) is 2.56. The Labute approximate surface area is 111 Å². The number of benzene rings is 1. The number of hydrogen-bond donors (Lipinski definition) is 2. The first-order valence-electron chi connectivity index (χ1n) is 5.85. The highest BCUT2D eigenvalue weighted by Gasteiger charge is 2.20. The predicted molar refractivity (Wildman–Crippen MR) is 70.2 cm³/mol. The molecule has 6 nitrogen and oxygen atoms in total. The van der Waals surface area contributed by atoms with Crippen molar-refractivity contribution in [3.05, 3.63) is 29.8 Å². The summed E-state index contributed by atoms with van der Waals surface area (Å²) in [7, 11) is 3.67. The number of hydrogen-bond acceptors (Lipinski definition) is 4. The molecular weight excluding hydrogens is 248 g/mol. The van der Waals surface area contributed by atoms with E-state index in [-0.39, 0.29) is 24.4 Å². The predicted octanol–water partition coefficient (Wildman–Crippen LogP) is 0.481. The summed E-state index contributed by atoms with van der Waals surface area (Å²) >= 11 is 0. The summed E-state index contributed by atoms with van der Waals surface area (Å²) in [6, 6.07) is 6.10. The van der Waals surface area contributed by atoms with Gasteiger partial charge in [0.2, 0.25) is 0 Å². The number of carbonyl (C=O) groups excluding carboxylic acids is 1. The van der Waals surface area contributed by atoms with Crippen LogP contribution in [0.1, 0.15) is 10.4 Å². The van der Waals surface area contributed by atoms with E-state index in [4.69, 9.17) is 5.11 Å². The molecule has 0 saturated carbocycles. The molecule has 0 saturated heterocycles. The van der Waals surface area contributed by atoms with Crippen LogP contribution < -0.4 is 0 Å². The van der Waals surface area contributed by atoms with E-state index in [1.165, 1.54) is 17.0 Å². The highest BCUT2D eigenvalue weighted by Crippen LogP contribution is 2.17. The molecule has 0 atom stereocenters. The average molecular weight is 266 g/mol. The monoisotopic (exact) mass is 266 g/mol. The van der Waals surface area contributed by atoms with E-state index < -0.39 is 11.9 Å². The largest absolute Gasteiger partial charge is 0.507 e. The van der Waals surface area contributed by atoms with E-state index in [1.54, 1.807) is 12.1 Å². The molecule has 1 amide bonds. The Kier molecular flexibility index (Phi) is 5.32. The lowest BCUT2D eigenvalue weighted by Crippen LogP contribution is -2.40. The molecule has 0 fully saturated rings. The van der Waals surface area contributed by atoms with Crippen LogP contribution in [0.4, 0.5) is 0 Å². The minimum atomic E-state index is -1.08. The van der Waals surface area contributed by atoms with Crippen molar-refractivity contribution in [2.45, 2.75) is 0 Å². The fourth-order valence-electron chi connectivity index (χ4n) is 1.56. The second-order valence-electron chi connectivity index (χ2n) is 4.44. The maximum absolute atomic E-state index is 12.2. The topological polar surface area (TPSA) is 81.1 Å². The Morgan fingerprint density at radius 3 is 2.32 bits per heavy atom. The zero-order valence-electron chi connectivity index (χ0n) is 11.0. The van der Waals surface area contributed by atoms with Crippen molar-refractivity contribution in [2.24, 2.45) is 0 Å². The van der Waals surface area contributed by atoms with Crippen LogP contribution in [-0.4, -0.2) is 65.6 Å². The lowest BCUT2D eigenvalue weighted by atomic mass is 10.1. The number of rotatable bonds is 6. The molecule has 1 aromatic rings. The van der Waals surface area contributed by atoms with Crippen LogP contribution in [0.5, 0.6) is 5.75 Å². The molecule has 0 spiro atoms. The van der Waals surface area contributed by atoms with E-state index in [0.717, 1.165) is 0 Å². The van der Waals surface area contributed by atoms with Gasteiger partial charge in [0, 0.05) is 13.1 Å². The summed E-state index contributed by atoms with van der Waals surface area (Å²) in [5.74, 6) is -1.71. The fourth-order valence-corrected chi connectivity index (χ4v) is 1.56. The van der Waals surface area contributed by atoms with Gasteiger partial charge in [0.15, 0.2) is 0 Å². The highest BCUT2D eigenvalue weighted by molar-refractivity contribution is 5.98. The lowest BCUT2D eigenvalue weighted by molar-refractivity contribution is -0.137. The van der Waals surface area contributed by atoms with Crippen molar-refractivity contribution in [1.29, 1.82) is 0 Å². The number of para-hydroxylation sites is 1. The lowest BCUT2D eigenvalue weighted by Gasteiger charge is -2.23. The summed E-state index contributed by atoms with van der Waals surface area (Å²) in [6.45, 7) is 0.445. The Hall–Kier alpha value is -2.08. The molecule has 6 heteroatoms. The van der Waals surface area contributed by atoms with Gasteiger partial charge in [0.05, 0.1) is 5.56 Å². The molecule has 0 aromatic heterocycles. The van der Waals surface area contributed by atoms with Crippen LogP contribution in [-0.2, 0) is 4.79 Å². The number of phenolic OH excluding ortho intramolecular Hbond substituents is 1. The zero-order chi connectivity index (χ0) is 14.4. The second kappa shape index (κ2) is 6.75. The molecule has 2 N–H and O–H groups in total. The van der Waals surface area contributed by atoms with Crippen molar-refractivity contribution < 1.29 is 19.8 Å². The van der Waals surface area contributed by atoms with Gasteiger partial charge in [-0.05, 0) is 26.2 Å². The van der Waals surface area contributed by atoms with Gasteiger partial charge in [-0.1, -0.05) is 12.1 Å². The number of amides is 1. The number of aliphatic carboxylic acids is 1. The standard InChI is InChI=1S/C13H18N2O4/c1-14(2)7-8-15(9-12(17)18)13(19)10-5-3-4-6-11(10)16/h3-6,16H,7-9H2,1-2H3,(H,17,18). The molecule has 0 radical (unpaired) electrons. The first-order valence-corrected chi connectivity index (χ1v) is 5.85. The third kappa shape index (κ3) is 4.59. The molecule has 0 aliphatic carbocycles. The Balaban J connectivity index is 2.87. The normalized spacial score (nSPS) is 10.5. The van der Waals surface area contributed by atoms with Gasteiger partial charge < -0.3 is 20.0 Å². The van der Waals surface area contributed by atoms with Crippen molar-refractivity contribution in [2.75, 3.05) is 33.7 Å². The number of likely N-dealkylation sites (N-methyl/N-ethyl adjacent to an activating group) is 1. The van der Waals surface area contributed by atoms with Gasteiger partial charge in [-0.15, -0.1) is 0 Å². The number of carboxylic acid groups (broad SMARTS) is 1. The molecule has 1 aromatic carbocycles. The molecule has 0 unspecified atom stereocenters. The molecular formula is C13H18N2O4. The molecule has 0 aliphatic rings. The molecule has 104 valence electrons. The van der Waals surface area contributed by atoms with Crippen LogP contribution in [0.3, 0.4) is 0 Å². The van der Waals surface area contributed by atoms with Crippen molar-refractivity contribution >= 4 is 11.9 Å². The summed E-state index contributed by atoms with van der Waals surface area (Å²) in [4.78, 5) is 26.1. The maximum atomic E-state index is 12.2. The Morgan fingerprint density at radius 1 is 1.16 bits per heavy atom. The highest BCUT2D eigenvalue weighted by atomic mass is 16.4. The smallest absolute Gasteiger partial charge is 0.323 e. The van der Waals surface area contributed by atoms with Gasteiger partial charge in [0.25, 0.3) is 5.91 Å². The summed E-state index contributed by atoms with van der Waals surface area (Å²) < 4.78 is 0. The van der Waals surface area contributed by atoms with Crippen LogP contribution in [0.2, 0.25) is 0 Å². The van der Waals surface area contributed by atoms with E-state index in [2.05, 4.69) is 0 Å². The van der Waals surface area contributed by atoms with Crippen molar-refractivity contribution in [3.63, 3.8) is 0 Å². The number of nitrogens with zero attached hydrogens (tertiary/aromatic N) is 2. The van der Waals surface area contributed by atoms with Gasteiger partial charge in [-0.2, -0.15) is 0 Å². The van der Waals surface area contributed by atoms with Gasteiger partial charge in [-0.3, -0.25) is 9.59 Å². The van der Waals surface area contributed by atoms with Crippen LogP contribution >= 0.6 is 0 Å². The Bertz CT molecular complexity index is 460. The van der Waals surface area contributed by atoms with Gasteiger partial charge in [0.1, 0.15) is 12.3 Å². The first-order chi connectivity index (χ1) is 8.91. The molecule has 1 rings (SSSR count). The molecule has 0 heterocycles. The van der Waals surface area contributed by atoms with E-state index in [9.17, 15) is 14.7 Å². The van der Waals surface area contributed by atoms with Crippen molar-refractivity contribution in [3.8, 4) is 5.75 Å². The zero-order valence-corrected chi connectivity index (χ0v) is 11.0.